The first-order valence-corrected chi connectivity index (χ1v) is 9.29. The average Bonchev–Trinajstić information content (AvgIpc) is 3.36. The van der Waals surface area contributed by atoms with Crippen LogP contribution in [0.2, 0.25) is 0 Å². The number of benzene rings is 1. The average molecular weight is 370 g/mol. The molecule has 0 aliphatic carbocycles. The number of fused-ring (bicyclic) bond motifs is 1. The minimum atomic E-state index is 0.491. The Bertz CT molecular complexity index is 1180. The third-order valence-electron chi connectivity index (χ3n) is 4.05. The highest BCUT2D eigenvalue weighted by atomic mass is 32.1. The van der Waals surface area contributed by atoms with E-state index in [9.17, 15) is 0 Å². The molecule has 0 bridgehead atoms. The number of rotatable bonds is 4. The van der Waals surface area contributed by atoms with E-state index in [0.29, 0.717) is 11.8 Å². The van der Waals surface area contributed by atoms with Crippen LogP contribution in [-0.2, 0) is 0 Å². The van der Waals surface area contributed by atoms with E-state index in [1.807, 2.05) is 60.1 Å². The van der Waals surface area contributed by atoms with Crippen molar-refractivity contribution in [3.63, 3.8) is 0 Å². The van der Waals surface area contributed by atoms with Crippen LogP contribution < -0.4 is 5.32 Å². The second-order valence-corrected chi connectivity index (χ2v) is 6.75. The highest BCUT2D eigenvalue weighted by Crippen LogP contribution is 2.28. The van der Waals surface area contributed by atoms with Crippen LogP contribution in [0.15, 0.2) is 78.4 Å². The molecule has 1 aromatic carbocycles. The Balaban J connectivity index is 1.43. The van der Waals surface area contributed by atoms with Crippen LogP contribution in [0.1, 0.15) is 0 Å². The van der Waals surface area contributed by atoms with Crippen molar-refractivity contribution in [2.75, 3.05) is 5.32 Å². The summed E-state index contributed by atoms with van der Waals surface area (Å²) in [7, 11) is 0. The van der Waals surface area contributed by atoms with E-state index in [1.165, 1.54) is 0 Å². The summed E-state index contributed by atoms with van der Waals surface area (Å²) in [6.45, 7) is 0. The third-order valence-corrected chi connectivity index (χ3v) is 4.94. The molecule has 0 radical (unpaired) electrons. The van der Waals surface area contributed by atoms with Crippen LogP contribution in [0.4, 0.5) is 11.8 Å². The topological polar surface area (TPSA) is 68.0 Å². The maximum Gasteiger partial charge on any atom is 0.228 e. The van der Waals surface area contributed by atoms with Gasteiger partial charge in [-0.05, 0) is 18.2 Å². The predicted octanol–water partition coefficient (Wildman–Crippen LogP) is 4.66. The lowest BCUT2D eigenvalue weighted by atomic mass is 10.2. The molecule has 5 aromatic rings. The number of anilines is 2. The molecule has 0 fully saturated rings. The molecule has 1 N–H and O–H groups in total. The number of aromatic nitrogens is 5. The second kappa shape index (κ2) is 6.62. The van der Waals surface area contributed by atoms with E-state index in [0.717, 1.165) is 27.5 Å². The van der Waals surface area contributed by atoms with Crippen molar-refractivity contribution in [1.29, 1.82) is 0 Å². The van der Waals surface area contributed by atoms with Crippen molar-refractivity contribution < 1.29 is 0 Å². The summed E-state index contributed by atoms with van der Waals surface area (Å²) >= 11 is 1.60. The lowest BCUT2D eigenvalue weighted by Gasteiger charge is -2.02. The molecular weight excluding hydrogens is 356 g/mol. The molecular formula is C20H14N6S. The number of hydrogen-bond acceptors (Lipinski definition) is 6. The van der Waals surface area contributed by atoms with Gasteiger partial charge in [0.25, 0.3) is 0 Å². The van der Waals surface area contributed by atoms with E-state index < -0.39 is 0 Å². The molecule has 0 saturated carbocycles. The van der Waals surface area contributed by atoms with Gasteiger partial charge in [0.2, 0.25) is 5.95 Å². The highest BCUT2D eigenvalue weighted by Gasteiger charge is 2.10. The molecule has 0 atom stereocenters. The summed E-state index contributed by atoms with van der Waals surface area (Å²) in [5, 5.41) is 10.6. The van der Waals surface area contributed by atoms with Gasteiger partial charge in [0, 0.05) is 29.4 Å². The zero-order valence-electron chi connectivity index (χ0n) is 14.1. The van der Waals surface area contributed by atoms with Gasteiger partial charge in [0.15, 0.2) is 5.82 Å². The molecule has 0 aliphatic heterocycles. The Morgan fingerprint density at radius 3 is 2.67 bits per heavy atom. The summed E-state index contributed by atoms with van der Waals surface area (Å²) in [5.74, 6) is 1.19. The first-order chi connectivity index (χ1) is 13.3. The predicted molar refractivity (Wildman–Crippen MR) is 107 cm³/mol. The molecule has 0 aliphatic rings. The van der Waals surface area contributed by atoms with Gasteiger partial charge in [0.1, 0.15) is 10.7 Å². The Morgan fingerprint density at radius 1 is 0.889 bits per heavy atom. The Kier molecular flexibility index (Phi) is 3.84. The summed E-state index contributed by atoms with van der Waals surface area (Å²) in [5.41, 5.74) is 3.71. The maximum atomic E-state index is 4.71. The lowest BCUT2D eigenvalue weighted by molar-refractivity contribution is 0.962. The number of nitrogens with one attached hydrogen (secondary N) is 1. The van der Waals surface area contributed by atoms with E-state index in [1.54, 1.807) is 22.0 Å². The second-order valence-electron chi connectivity index (χ2n) is 5.89. The van der Waals surface area contributed by atoms with E-state index in [4.69, 9.17) is 4.98 Å². The third kappa shape index (κ3) is 3.16. The maximum absolute atomic E-state index is 4.71. The van der Waals surface area contributed by atoms with Crippen LogP contribution >= 0.6 is 11.3 Å². The lowest BCUT2D eigenvalue weighted by Crippen LogP contribution is -1.98. The number of nitrogens with zero attached hydrogens (tertiary/aromatic N) is 5. The minimum absolute atomic E-state index is 0.491. The number of thiazole rings is 1. The van der Waals surface area contributed by atoms with Crippen LogP contribution in [0, 0.1) is 0 Å². The minimum Gasteiger partial charge on any atom is -0.307 e. The van der Waals surface area contributed by atoms with Crippen LogP contribution in [-0.4, -0.2) is 24.6 Å². The smallest absolute Gasteiger partial charge is 0.228 e. The molecule has 4 heterocycles. The van der Waals surface area contributed by atoms with Crippen LogP contribution in [0.5, 0.6) is 0 Å². The highest BCUT2D eigenvalue weighted by molar-refractivity contribution is 7.13. The molecule has 0 spiro atoms. The Hall–Kier alpha value is -3.58. The van der Waals surface area contributed by atoms with Crippen molar-refractivity contribution in [3.8, 4) is 22.0 Å². The SMILES string of the molecule is c1ccc(-c2nc(-c3ccnc(Nc4cc5ccccn5n4)n3)cs2)cc1. The van der Waals surface area contributed by atoms with Gasteiger partial charge in [-0.2, -0.15) is 5.10 Å². The standard InChI is InChI=1S/C20H14N6S/c1-2-6-14(7-3-1)19-22-17(13-27-19)16-9-10-21-20(23-16)24-18-12-15-8-4-5-11-26(15)25-18/h1-13H,(H,21,23,24,25). The summed E-state index contributed by atoms with van der Waals surface area (Å²) < 4.78 is 1.80. The molecule has 7 heteroatoms. The molecule has 27 heavy (non-hydrogen) atoms. The molecule has 4 aromatic heterocycles. The quantitative estimate of drug-likeness (QED) is 0.498. The fourth-order valence-electron chi connectivity index (χ4n) is 2.78. The Labute approximate surface area is 159 Å². The Morgan fingerprint density at radius 2 is 1.78 bits per heavy atom. The van der Waals surface area contributed by atoms with Gasteiger partial charge in [-0.25, -0.2) is 19.5 Å². The molecule has 130 valence electrons. The van der Waals surface area contributed by atoms with Gasteiger partial charge >= 0.3 is 0 Å². The fraction of sp³-hybridized carbons (Fsp3) is 0. The molecule has 0 unspecified atom stereocenters. The number of pyridine rings is 1. The monoisotopic (exact) mass is 370 g/mol. The first-order valence-electron chi connectivity index (χ1n) is 8.41. The summed E-state index contributed by atoms with van der Waals surface area (Å²) in [6, 6.07) is 19.9. The molecule has 6 nitrogen and oxygen atoms in total. The first kappa shape index (κ1) is 15.7. The van der Waals surface area contributed by atoms with Gasteiger partial charge < -0.3 is 5.32 Å². The van der Waals surface area contributed by atoms with Crippen LogP contribution in [0.3, 0.4) is 0 Å². The summed E-state index contributed by atoms with van der Waals surface area (Å²) in [6.07, 6.45) is 3.63. The van der Waals surface area contributed by atoms with Crippen molar-refractivity contribution >= 4 is 28.6 Å². The van der Waals surface area contributed by atoms with E-state index in [2.05, 4.69) is 32.5 Å². The van der Waals surface area contributed by atoms with Crippen molar-refractivity contribution in [2.45, 2.75) is 0 Å². The largest absolute Gasteiger partial charge is 0.307 e. The molecule has 0 amide bonds. The summed E-state index contributed by atoms with van der Waals surface area (Å²) in [4.78, 5) is 13.6. The molecule has 5 rings (SSSR count). The van der Waals surface area contributed by atoms with Crippen molar-refractivity contribution in [2.24, 2.45) is 0 Å². The van der Waals surface area contributed by atoms with E-state index >= 15 is 0 Å². The van der Waals surface area contributed by atoms with Gasteiger partial charge in [-0.15, -0.1) is 11.3 Å². The van der Waals surface area contributed by atoms with Gasteiger partial charge in [-0.3, -0.25) is 0 Å². The zero-order chi connectivity index (χ0) is 18.1. The fourth-order valence-corrected chi connectivity index (χ4v) is 3.60. The van der Waals surface area contributed by atoms with Crippen molar-refractivity contribution in [1.82, 2.24) is 24.6 Å². The molecule has 0 saturated heterocycles. The normalized spacial score (nSPS) is 11.0. The van der Waals surface area contributed by atoms with Gasteiger partial charge in [0.05, 0.1) is 11.2 Å². The zero-order valence-corrected chi connectivity index (χ0v) is 15.0. The number of hydrogen-bond donors (Lipinski definition) is 1. The van der Waals surface area contributed by atoms with Crippen LogP contribution in [0.25, 0.3) is 27.5 Å². The van der Waals surface area contributed by atoms with Gasteiger partial charge in [-0.1, -0.05) is 36.4 Å². The van der Waals surface area contributed by atoms with E-state index in [-0.39, 0.29) is 0 Å². The van der Waals surface area contributed by atoms with Crippen molar-refractivity contribution in [3.05, 3.63) is 78.4 Å².